The Morgan fingerprint density at radius 1 is 1.44 bits per heavy atom. The van der Waals surface area contributed by atoms with Crippen molar-refractivity contribution in [3.63, 3.8) is 0 Å². The number of aromatic nitrogens is 1. The van der Waals surface area contributed by atoms with Crippen LogP contribution in [0.2, 0.25) is 0 Å². The van der Waals surface area contributed by atoms with Crippen LogP contribution in [0.3, 0.4) is 0 Å². The number of rotatable bonds is 3. The fraction of sp³-hybridized carbons (Fsp3) is 0.167. The Labute approximate surface area is 106 Å². The molecule has 0 spiro atoms. The SMILES string of the molecule is COC(=O)Cc1nc(-c2cccc(F)c2F)cs1. The Morgan fingerprint density at radius 3 is 2.94 bits per heavy atom. The van der Waals surface area contributed by atoms with E-state index in [9.17, 15) is 13.6 Å². The molecule has 1 aromatic heterocycles. The summed E-state index contributed by atoms with van der Waals surface area (Å²) in [5, 5.41) is 2.08. The first kappa shape index (κ1) is 12.6. The van der Waals surface area contributed by atoms with Crippen LogP contribution in [0, 0.1) is 11.6 Å². The number of benzene rings is 1. The molecule has 0 fully saturated rings. The number of nitrogens with zero attached hydrogens (tertiary/aromatic N) is 1. The summed E-state index contributed by atoms with van der Waals surface area (Å²) in [6, 6.07) is 3.89. The second-order valence-corrected chi connectivity index (χ2v) is 4.42. The third kappa shape index (κ3) is 2.53. The summed E-state index contributed by atoms with van der Waals surface area (Å²) in [6.45, 7) is 0. The Kier molecular flexibility index (Phi) is 3.66. The number of carbonyl (C=O) groups excluding carboxylic acids is 1. The van der Waals surface area contributed by atoms with Gasteiger partial charge in [0.15, 0.2) is 11.6 Å². The minimum atomic E-state index is -0.938. The molecule has 1 aromatic carbocycles. The Hall–Kier alpha value is -1.82. The smallest absolute Gasteiger partial charge is 0.312 e. The number of methoxy groups -OCH3 is 1. The van der Waals surface area contributed by atoms with Gasteiger partial charge in [0.2, 0.25) is 0 Å². The van der Waals surface area contributed by atoms with Gasteiger partial charge in [-0.2, -0.15) is 0 Å². The van der Waals surface area contributed by atoms with Crippen LogP contribution < -0.4 is 0 Å². The molecule has 0 aliphatic carbocycles. The van der Waals surface area contributed by atoms with Gasteiger partial charge in [0, 0.05) is 10.9 Å². The molecule has 3 nitrogen and oxygen atoms in total. The van der Waals surface area contributed by atoms with Crippen LogP contribution in [0.25, 0.3) is 11.3 Å². The average Bonchev–Trinajstić information content (AvgIpc) is 2.80. The zero-order valence-corrected chi connectivity index (χ0v) is 10.3. The van der Waals surface area contributed by atoms with E-state index in [1.807, 2.05) is 0 Å². The topological polar surface area (TPSA) is 39.2 Å². The molecule has 6 heteroatoms. The van der Waals surface area contributed by atoms with Crippen molar-refractivity contribution in [3.05, 3.63) is 40.2 Å². The van der Waals surface area contributed by atoms with Gasteiger partial charge in [-0.05, 0) is 12.1 Å². The molecule has 2 aromatic rings. The summed E-state index contributed by atoms with van der Waals surface area (Å²) < 4.78 is 31.1. The van der Waals surface area contributed by atoms with E-state index in [0.29, 0.717) is 10.7 Å². The molecule has 0 saturated heterocycles. The molecule has 0 unspecified atom stereocenters. The lowest BCUT2D eigenvalue weighted by Gasteiger charge is -1.99. The minimum absolute atomic E-state index is 0.0259. The molecule has 0 N–H and O–H groups in total. The van der Waals surface area contributed by atoms with Gasteiger partial charge in [0.25, 0.3) is 0 Å². The standard InChI is InChI=1S/C12H9F2NO2S/c1-17-11(16)5-10-15-9(6-18-10)7-3-2-4-8(13)12(7)14/h2-4,6H,5H2,1H3. The van der Waals surface area contributed by atoms with E-state index in [0.717, 1.165) is 6.07 Å². The van der Waals surface area contributed by atoms with E-state index >= 15 is 0 Å². The van der Waals surface area contributed by atoms with E-state index in [1.165, 1.54) is 30.6 Å². The molecule has 0 aliphatic rings. The van der Waals surface area contributed by atoms with Gasteiger partial charge >= 0.3 is 5.97 Å². The lowest BCUT2D eigenvalue weighted by atomic mass is 10.1. The van der Waals surface area contributed by atoms with Crippen molar-refractivity contribution in [1.82, 2.24) is 4.98 Å². The Balaban J connectivity index is 2.29. The van der Waals surface area contributed by atoms with Crippen LogP contribution in [0.15, 0.2) is 23.6 Å². The molecule has 0 aliphatic heterocycles. The van der Waals surface area contributed by atoms with Crippen LogP contribution in [-0.4, -0.2) is 18.1 Å². The summed E-state index contributed by atoms with van der Waals surface area (Å²) in [5.74, 6) is -2.28. The van der Waals surface area contributed by atoms with Gasteiger partial charge in [0.05, 0.1) is 19.2 Å². The highest BCUT2D eigenvalue weighted by molar-refractivity contribution is 7.10. The highest BCUT2D eigenvalue weighted by Gasteiger charge is 2.14. The lowest BCUT2D eigenvalue weighted by molar-refractivity contribution is -0.139. The summed E-state index contributed by atoms with van der Waals surface area (Å²) >= 11 is 1.20. The Morgan fingerprint density at radius 2 is 2.22 bits per heavy atom. The molecule has 2 rings (SSSR count). The van der Waals surface area contributed by atoms with Crippen molar-refractivity contribution in [2.45, 2.75) is 6.42 Å². The number of hydrogen-bond donors (Lipinski definition) is 0. The number of ether oxygens (including phenoxy) is 1. The van der Waals surface area contributed by atoms with Crippen LogP contribution >= 0.6 is 11.3 Å². The molecule has 0 saturated carbocycles. The van der Waals surface area contributed by atoms with Crippen molar-refractivity contribution in [1.29, 1.82) is 0 Å². The molecule has 0 atom stereocenters. The predicted molar refractivity (Wildman–Crippen MR) is 63.2 cm³/mol. The van der Waals surface area contributed by atoms with Gasteiger partial charge < -0.3 is 4.74 Å². The number of esters is 1. The fourth-order valence-electron chi connectivity index (χ4n) is 1.41. The van der Waals surface area contributed by atoms with Crippen molar-refractivity contribution in [2.24, 2.45) is 0 Å². The van der Waals surface area contributed by atoms with Gasteiger partial charge in [-0.3, -0.25) is 4.79 Å². The highest BCUT2D eigenvalue weighted by Crippen LogP contribution is 2.26. The molecule has 0 bridgehead atoms. The van der Waals surface area contributed by atoms with Gasteiger partial charge in [-0.1, -0.05) is 6.07 Å². The maximum Gasteiger partial charge on any atom is 0.312 e. The molecular formula is C12H9F2NO2S. The van der Waals surface area contributed by atoms with E-state index in [-0.39, 0.29) is 12.0 Å². The van der Waals surface area contributed by atoms with Crippen LogP contribution in [0.4, 0.5) is 8.78 Å². The summed E-state index contributed by atoms with van der Waals surface area (Å²) in [4.78, 5) is 15.1. The predicted octanol–water partition coefficient (Wildman–Crippen LogP) is 2.80. The molecular weight excluding hydrogens is 260 g/mol. The van der Waals surface area contributed by atoms with Crippen molar-refractivity contribution in [3.8, 4) is 11.3 Å². The third-order valence-corrected chi connectivity index (χ3v) is 3.15. The van der Waals surface area contributed by atoms with Crippen LogP contribution in [-0.2, 0) is 16.0 Å². The van der Waals surface area contributed by atoms with E-state index in [1.54, 1.807) is 5.38 Å². The molecule has 0 radical (unpaired) electrons. The first-order valence-electron chi connectivity index (χ1n) is 5.07. The largest absolute Gasteiger partial charge is 0.469 e. The van der Waals surface area contributed by atoms with Gasteiger partial charge in [0.1, 0.15) is 5.01 Å². The maximum atomic E-state index is 13.5. The van der Waals surface area contributed by atoms with E-state index < -0.39 is 17.6 Å². The molecule has 1 heterocycles. The number of halogens is 2. The lowest BCUT2D eigenvalue weighted by Crippen LogP contribution is -2.03. The average molecular weight is 269 g/mol. The zero-order valence-electron chi connectivity index (χ0n) is 9.44. The molecule has 0 amide bonds. The van der Waals surface area contributed by atoms with Crippen LogP contribution in [0.5, 0.6) is 0 Å². The van der Waals surface area contributed by atoms with Crippen molar-refractivity contribution in [2.75, 3.05) is 7.11 Å². The van der Waals surface area contributed by atoms with Gasteiger partial charge in [-0.25, -0.2) is 13.8 Å². The summed E-state index contributed by atoms with van der Waals surface area (Å²) in [6.07, 6.45) is 0.0259. The summed E-state index contributed by atoms with van der Waals surface area (Å²) in [7, 11) is 1.28. The minimum Gasteiger partial charge on any atom is -0.469 e. The second kappa shape index (κ2) is 5.22. The number of thiazole rings is 1. The molecule has 18 heavy (non-hydrogen) atoms. The number of carbonyl (C=O) groups is 1. The first-order valence-corrected chi connectivity index (χ1v) is 5.95. The van der Waals surface area contributed by atoms with E-state index in [2.05, 4.69) is 9.72 Å². The Bertz CT molecular complexity index is 583. The first-order chi connectivity index (χ1) is 8.61. The maximum absolute atomic E-state index is 13.5. The number of hydrogen-bond acceptors (Lipinski definition) is 4. The highest BCUT2D eigenvalue weighted by atomic mass is 32.1. The monoisotopic (exact) mass is 269 g/mol. The zero-order chi connectivity index (χ0) is 13.1. The van der Waals surface area contributed by atoms with E-state index in [4.69, 9.17) is 0 Å². The quantitative estimate of drug-likeness (QED) is 0.804. The fourth-order valence-corrected chi connectivity index (χ4v) is 2.19. The summed E-state index contributed by atoms with van der Waals surface area (Å²) in [5.41, 5.74) is 0.401. The molecule has 94 valence electrons. The van der Waals surface area contributed by atoms with Crippen LogP contribution in [0.1, 0.15) is 5.01 Å². The van der Waals surface area contributed by atoms with Crippen molar-refractivity contribution < 1.29 is 18.3 Å². The second-order valence-electron chi connectivity index (χ2n) is 3.48. The van der Waals surface area contributed by atoms with Crippen molar-refractivity contribution >= 4 is 17.3 Å². The normalized spacial score (nSPS) is 10.4. The third-order valence-electron chi connectivity index (χ3n) is 2.30. The van der Waals surface area contributed by atoms with Gasteiger partial charge in [-0.15, -0.1) is 11.3 Å².